The summed E-state index contributed by atoms with van der Waals surface area (Å²) in [6.45, 7) is 7.55. The van der Waals surface area contributed by atoms with Gasteiger partial charge in [-0.2, -0.15) is 0 Å². The maximum atomic E-state index is 5.79. The predicted octanol–water partition coefficient (Wildman–Crippen LogP) is 2.55. The smallest absolute Gasteiger partial charge is 0.163 e. The Morgan fingerprint density at radius 1 is 1.30 bits per heavy atom. The van der Waals surface area contributed by atoms with Gasteiger partial charge in [-0.15, -0.1) is 0 Å². The Hall–Kier alpha value is -1.10. The molecule has 1 N–H and O–H groups in total. The number of rotatable bonds is 5. The molecule has 2 rings (SSSR count). The van der Waals surface area contributed by atoms with Crippen LogP contribution in [-0.2, 0) is 9.47 Å². The van der Waals surface area contributed by atoms with E-state index in [0.29, 0.717) is 12.6 Å². The van der Waals surface area contributed by atoms with Crippen LogP contribution in [0.4, 0.5) is 5.69 Å². The molecule has 2 unspecified atom stereocenters. The van der Waals surface area contributed by atoms with Crippen molar-refractivity contribution >= 4 is 5.69 Å². The van der Waals surface area contributed by atoms with Crippen LogP contribution < -0.4 is 10.2 Å². The average molecular weight is 278 g/mol. The number of benzene rings is 1. The van der Waals surface area contributed by atoms with Crippen molar-refractivity contribution in [2.45, 2.75) is 38.7 Å². The maximum absolute atomic E-state index is 5.79. The normalized spacial score (nSPS) is 22.8. The lowest BCUT2D eigenvalue weighted by Crippen LogP contribution is -2.32. The molecular formula is C16H26N2O2. The van der Waals surface area contributed by atoms with Crippen LogP contribution in [0.15, 0.2) is 24.3 Å². The molecule has 1 aromatic rings. The molecule has 0 saturated carbocycles. The van der Waals surface area contributed by atoms with Crippen molar-refractivity contribution in [2.75, 3.05) is 32.1 Å². The van der Waals surface area contributed by atoms with Gasteiger partial charge in [0.05, 0.1) is 12.7 Å². The molecule has 20 heavy (non-hydrogen) atoms. The van der Waals surface area contributed by atoms with Gasteiger partial charge in [0, 0.05) is 32.4 Å². The number of anilines is 1. The van der Waals surface area contributed by atoms with Crippen molar-refractivity contribution in [3.8, 4) is 0 Å². The monoisotopic (exact) mass is 278 g/mol. The van der Waals surface area contributed by atoms with Crippen LogP contribution in [0.3, 0.4) is 0 Å². The molecule has 1 aliphatic rings. The molecule has 1 aliphatic heterocycles. The van der Waals surface area contributed by atoms with E-state index in [9.17, 15) is 0 Å². The van der Waals surface area contributed by atoms with Gasteiger partial charge < -0.3 is 19.7 Å². The largest absolute Gasteiger partial charge is 0.378 e. The molecule has 1 saturated heterocycles. The van der Waals surface area contributed by atoms with Crippen molar-refractivity contribution in [1.82, 2.24) is 5.32 Å². The lowest BCUT2D eigenvalue weighted by Gasteiger charge is -2.20. The van der Waals surface area contributed by atoms with E-state index in [-0.39, 0.29) is 6.10 Å². The van der Waals surface area contributed by atoms with Crippen LogP contribution >= 0.6 is 0 Å². The Bertz CT molecular complexity index is 429. The SMILES string of the molecule is CC(NCC1COC(C)(C)O1)c1ccc(N(C)C)cc1. The second kappa shape index (κ2) is 6.12. The number of nitrogens with one attached hydrogen (secondary N) is 1. The summed E-state index contributed by atoms with van der Waals surface area (Å²) in [6, 6.07) is 8.93. The van der Waals surface area contributed by atoms with E-state index in [0.717, 1.165) is 6.54 Å². The standard InChI is InChI=1S/C16H26N2O2/c1-12(13-6-8-14(9-7-13)18(4)5)17-10-15-11-19-16(2,3)20-15/h6-9,12,15,17H,10-11H2,1-5H3. The first-order valence-electron chi connectivity index (χ1n) is 7.20. The molecule has 1 fully saturated rings. The van der Waals surface area contributed by atoms with Crippen molar-refractivity contribution in [1.29, 1.82) is 0 Å². The van der Waals surface area contributed by atoms with E-state index in [1.54, 1.807) is 0 Å². The topological polar surface area (TPSA) is 33.7 Å². The van der Waals surface area contributed by atoms with E-state index in [4.69, 9.17) is 9.47 Å². The fraction of sp³-hybridized carbons (Fsp3) is 0.625. The molecule has 0 amide bonds. The highest BCUT2D eigenvalue weighted by Gasteiger charge is 2.32. The van der Waals surface area contributed by atoms with Crippen LogP contribution in [0.5, 0.6) is 0 Å². The lowest BCUT2D eigenvalue weighted by atomic mass is 10.1. The van der Waals surface area contributed by atoms with Gasteiger partial charge in [-0.3, -0.25) is 0 Å². The van der Waals surface area contributed by atoms with E-state index in [2.05, 4.69) is 55.5 Å². The molecule has 0 aliphatic carbocycles. The highest BCUT2D eigenvalue weighted by Crippen LogP contribution is 2.23. The van der Waals surface area contributed by atoms with Crippen molar-refractivity contribution < 1.29 is 9.47 Å². The van der Waals surface area contributed by atoms with Crippen molar-refractivity contribution in [3.05, 3.63) is 29.8 Å². The van der Waals surface area contributed by atoms with Gasteiger partial charge in [-0.25, -0.2) is 0 Å². The fourth-order valence-corrected chi connectivity index (χ4v) is 2.35. The van der Waals surface area contributed by atoms with Crippen LogP contribution in [-0.4, -0.2) is 39.1 Å². The third-order valence-corrected chi connectivity index (χ3v) is 3.63. The van der Waals surface area contributed by atoms with Gasteiger partial charge in [0.2, 0.25) is 0 Å². The average Bonchev–Trinajstić information content (AvgIpc) is 2.75. The zero-order valence-corrected chi connectivity index (χ0v) is 13.1. The van der Waals surface area contributed by atoms with Gasteiger partial charge in [-0.05, 0) is 38.5 Å². The summed E-state index contributed by atoms with van der Waals surface area (Å²) in [4.78, 5) is 2.10. The number of ether oxygens (including phenoxy) is 2. The third kappa shape index (κ3) is 3.95. The summed E-state index contributed by atoms with van der Waals surface area (Å²) in [6.07, 6.45) is 0.133. The molecule has 1 heterocycles. The Balaban J connectivity index is 1.84. The summed E-state index contributed by atoms with van der Waals surface area (Å²) in [5.74, 6) is -0.442. The van der Waals surface area contributed by atoms with Crippen molar-refractivity contribution in [3.63, 3.8) is 0 Å². The molecular weight excluding hydrogens is 252 g/mol. The van der Waals surface area contributed by atoms with Crippen LogP contribution in [0.1, 0.15) is 32.4 Å². The highest BCUT2D eigenvalue weighted by atomic mass is 16.7. The zero-order chi connectivity index (χ0) is 14.8. The summed E-state index contributed by atoms with van der Waals surface area (Å²) in [5, 5.41) is 3.51. The molecule has 4 nitrogen and oxygen atoms in total. The van der Waals surface area contributed by atoms with E-state index < -0.39 is 5.79 Å². The maximum Gasteiger partial charge on any atom is 0.163 e. The van der Waals surface area contributed by atoms with Gasteiger partial charge in [0.25, 0.3) is 0 Å². The Kier molecular flexibility index (Phi) is 4.68. The first-order valence-corrected chi connectivity index (χ1v) is 7.20. The van der Waals surface area contributed by atoms with E-state index >= 15 is 0 Å². The minimum Gasteiger partial charge on any atom is -0.378 e. The van der Waals surface area contributed by atoms with Gasteiger partial charge >= 0.3 is 0 Å². The first kappa shape index (κ1) is 15.3. The fourth-order valence-electron chi connectivity index (χ4n) is 2.35. The molecule has 0 radical (unpaired) electrons. The second-order valence-electron chi connectivity index (χ2n) is 6.07. The molecule has 0 bridgehead atoms. The molecule has 2 atom stereocenters. The van der Waals surface area contributed by atoms with Gasteiger partial charge in [-0.1, -0.05) is 12.1 Å². The Morgan fingerprint density at radius 2 is 1.95 bits per heavy atom. The number of hydrogen-bond donors (Lipinski definition) is 1. The van der Waals surface area contributed by atoms with Crippen LogP contribution in [0.2, 0.25) is 0 Å². The third-order valence-electron chi connectivity index (χ3n) is 3.63. The van der Waals surface area contributed by atoms with E-state index in [1.807, 2.05) is 13.8 Å². The molecule has 4 heteroatoms. The summed E-state index contributed by atoms with van der Waals surface area (Å²) < 4.78 is 11.4. The summed E-state index contributed by atoms with van der Waals surface area (Å²) in [5.41, 5.74) is 2.50. The Labute approximate surface area is 122 Å². The summed E-state index contributed by atoms with van der Waals surface area (Å²) >= 11 is 0. The van der Waals surface area contributed by atoms with Gasteiger partial charge in [0.1, 0.15) is 0 Å². The number of hydrogen-bond acceptors (Lipinski definition) is 4. The molecule has 0 aromatic heterocycles. The predicted molar refractivity (Wildman–Crippen MR) is 82.1 cm³/mol. The minimum atomic E-state index is -0.442. The first-order chi connectivity index (χ1) is 9.37. The molecule has 0 spiro atoms. The molecule has 112 valence electrons. The van der Waals surface area contributed by atoms with Gasteiger partial charge in [0.15, 0.2) is 5.79 Å². The summed E-state index contributed by atoms with van der Waals surface area (Å²) in [7, 11) is 4.10. The molecule has 1 aromatic carbocycles. The minimum absolute atomic E-state index is 0.133. The van der Waals surface area contributed by atoms with Crippen LogP contribution in [0, 0.1) is 0 Å². The van der Waals surface area contributed by atoms with Crippen LogP contribution in [0.25, 0.3) is 0 Å². The zero-order valence-electron chi connectivity index (χ0n) is 13.1. The Morgan fingerprint density at radius 3 is 2.45 bits per heavy atom. The quantitative estimate of drug-likeness (QED) is 0.897. The van der Waals surface area contributed by atoms with E-state index in [1.165, 1.54) is 11.3 Å². The number of nitrogens with zero attached hydrogens (tertiary/aromatic N) is 1. The lowest BCUT2D eigenvalue weighted by molar-refractivity contribution is -0.137. The second-order valence-corrected chi connectivity index (χ2v) is 6.07. The highest BCUT2D eigenvalue weighted by molar-refractivity contribution is 5.46. The van der Waals surface area contributed by atoms with Crippen molar-refractivity contribution in [2.24, 2.45) is 0 Å².